The van der Waals surface area contributed by atoms with Crippen LogP contribution < -0.4 is 19.8 Å². The van der Waals surface area contributed by atoms with Crippen molar-refractivity contribution in [2.75, 3.05) is 21.3 Å². The van der Waals surface area contributed by atoms with Crippen LogP contribution in [0.3, 0.4) is 0 Å². The van der Waals surface area contributed by atoms with Gasteiger partial charge in [0.05, 0.1) is 37.3 Å². The van der Waals surface area contributed by atoms with Gasteiger partial charge in [-0.15, -0.1) is 0 Å². The summed E-state index contributed by atoms with van der Waals surface area (Å²) >= 11 is 6.53. The molecule has 0 atom stereocenters. The van der Waals surface area contributed by atoms with Crippen molar-refractivity contribution in [3.05, 3.63) is 69.1 Å². The molecule has 0 aliphatic carbocycles. The van der Waals surface area contributed by atoms with Crippen LogP contribution in [-0.4, -0.2) is 46.4 Å². The first-order valence-corrected chi connectivity index (χ1v) is 10.9. The van der Waals surface area contributed by atoms with E-state index < -0.39 is 0 Å². The fourth-order valence-corrected chi connectivity index (χ4v) is 4.47. The molecule has 1 amide bonds. The summed E-state index contributed by atoms with van der Waals surface area (Å²) in [7, 11) is 4.56. The number of carbonyl (C=O) groups is 1. The number of carbonyl (C=O) groups excluding carboxylic acids is 1. The molecule has 33 heavy (non-hydrogen) atoms. The molecule has 0 saturated carbocycles. The quantitative estimate of drug-likeness (QED) is 0.420. The van der Waals surface area contributed by atoms with Crippen LogP contribution in [-0.2, 0) is 4.79 Å². The zero-order valence-corrected chi connectivity index (χ0v) is 19.6. The maximum atomic E-state index is 13.0. The van der Waals surface area contributed by atoms with Gasteiger partial charge in [0.25, 0.3) is 11.5 Å². The summed E-state index contributed by atoms with van der Waals surface area (Å²) in [5.74, 6) is 1.09. The number of hydrogen-bond donors (Lipinski definition) is 1. The van der Waals surface area contributed by atoms with Crippen molar-refractivity contribution in [2.45, 2.75) is 0 Å². The van der Waals surface area contributed by atoms with Crippen LogP contribution in [0.4, 0.5) is 0 Å². The SMILES string of the molecule is COc1cc(/C=C2/SC(=S)N(/C=C\c3nc4ccccc4[nH]c3=O)C2=O)cc(OC)c1OC. The normalized spacial score (nSPS) is 15.1. The molecule has 0 unspecified atom stereocenters. The zero-order valence-electron chi connectivity index (χ0n) is 17.9. The van der Waals surface area contributed by atoms with Crippen LogP contribution in [0.2, 0.25) is 0 Å². The summed E-state index contributed by atoms with van der Waals surface area (Å²) in [5, 5.41) is 0. The molecule has 0 spiro atoms. The Balaban J connectivity index is 1.63. The second-order valence-corrected chi connectivity index (χ2v) is 8.47. The van der Waals surface area contributed by atoms with E-state index in [2.05, 4.69) is 9.97 Å². The highest BCUT2D eigenvalue weighted by Crippen LogP contribution is 2.40. The van der Waals surface area contributed by atoms with Gasteiger partial charge in [-0.25, -0.2) is 4.98 Å². The Labute approximate surface area is 198 Å². The van der Waals surface area contributed by atoms with Gasteiger partial charge in [-0.1, -0.05) is 36.1 Å². The molecule has 2 heterocycles. The van der Waals surface area contributed by atoms with Crippen LogP contribution in [0.1, 0.15) is 11.3 Å². The number of fused-ring (bicyclic) bond motifs is 1. The van der Waals surface area contributed by atoms with Gasteiger partial charge in [-0.2, -0.15) is 0 Å². The first kappa shape index (κ1) is 22.6. The number of amides is 1. The van der Waals surface area contributed by atoms with Crippen molar-refractivity contribution >= 4 is 57.4 Å². The highest BCUT2D eigenvalue weighted by Gasteiger charge is 2.30. The molecule has 1 aliphatic rings. The van der Waals surface area contributed by atoms with Gasteiger partial charge in [0.1, 0.15) is 5.69 Å². The number of methoxy groups -OCH3 is 3. The Morgan fingerprint density at radius 1 is 1.06 bits per heavy atom. The number of thioether (sulfide) groups is 1. The lowest BCUT2D eigenvalue weighted by molar-refractivity contribution is -0.120. The van der Waals surface area contributed by atoms with Gasteiger partial charge in [0, 0.05) is 6.20 Å². The molecule has 1 N–H and O–H groups in total. The van der Waals surface area contributed by atoms with Crippen LogP contribution in [0.15, 0.2) is 52.3 Å². The minimum Gasteiger partial charge on any atom is -0.493 e. The molecule has 4 rings (SSSR count). The Morgan fingerprint density at radius 3 is 2.42 bits per heavy atom. The number of H-pyrrole nitrogens is 1. The zero-order chi connectivity index (χ0) is 23.5. The third-order valence-corrected chi connectivity index (χ3v) is 6.15. The molecule has 1 aliphatic heterocycles. The maximum absolute atomic E-state index is 13.0. The molecule has 10 heteroatoms. The summed E-state index contributed by atoms with van der Waals surface area (Å²) in [5.41, 5.74) is 1.78. The fraction of sp³-hybridized carbons (Fsp3) is 0.130. The number of nitrogens with zero attached hydrogens (tertiary/aromatic N) is 2. The lowest BCUT2D eigenvalue weighted by Crippen LogP contribution is -2.22. The number of thiocarbonyl (C=S) groups is 1. The second-order valence-electron chi connectivity index (χ2n) is 6.79. The van der Waals surface area contributed by atoms with Crippen molar-refractivity contribution in [1.82, 2.24) is 14.9 Å². The van der Waals surface area contributed by atoms with Gasteiger partial charge >= 0.3 is 0 Å². The minimum absolute atomic E-state index is 0.177. The first-order chi connectivity index (χ1) is 15.9. The molecule has 3 aromatic rings. The van der Waals surface area contributed by atoms with Gasteiger partial charge in [-0.3, -0.25) is 14.5 Å². The smallest absolute Gasteiger partial charge is 0.274 e. The van der Waals surface area contributed by atoms with E-state index in [0.29, 0.717) is 43.1 Å². The van der Waals surface area contributed by atoms with Crippen molar-refractivity contribution < 1.29 is 19.0 Å². The molecule has 8 nitrogen and oxygen atoms in total. The number of aromatic amines is 1. The maximum Gasteiger partial charge on any atom is 0.274 e. The highest BCUT2D eigenvalue weighted by atomic mass is 32.2. The van der Waals surface area contributed by atoms with Crippen molar-refractivity contribution in [3.8, 4) is 17.2 Å². The van der Waals surface area contributed by atoms with Crippen LogP contribution in [0, 0.1) is 0 Å². The molecular formula is C23H19N3O5S2. The number of aromatic nitrogens is 2. The lowest BCUT2D eigenvalue weighted by atomic mass is 10.1. The molecule has 1 saturated heterocycles. The van der Waals surface area contributed by atoms with Crippen LogP contribution in [0.25, 0.3) is 23.2 Å². The standard InChI is InChI=1S/C23H19N3O5S2/c1-29-17-10-13(11-18(30-2)20(17)31-3)12-19-22(28)26(23(32)33-19)9-8-16-21(27)25-15-7-5-4-6-14(15)24-16/h4-12H,1-3H3,(H,25,27)/b9-8-,19-12+. The second kappa shape index (κ2) is 9.47. The third kappa shape index (κ3) is 4.48. The molecule has 168 valence electrons. The Bertz CT molecular complexity index is 1360. The molecule has 2 aromatic carbocycles. The van der Waals surface area contributed by atoms with Crippen molar-refractivity contribution in [1.29, 1.82) is 0 Å². The summed E-state index contributed by atoms with van der Waals surface area (Å²) in [6.07, 6.45) is 4.62. The van der Waals surface area contributed by atoms with Gasteiger partial charge in [0.2, 0.25) is 5.75 Å². The van der Waals surface area contributed by atoms with Gasteiger partial charge < -0.3 is 19.2 Å². The molecule has 0 radical (unpaired) electrons. The molecular weight excluding hydrogens is 462 g/mol. The predicted octanol–water partition coefficient (Wildman–Crippen LogP) is 3.82. The van der Waals surface area contributed by atoms with E-state index in [1.807, 2.05) is 12.1 Å². The van der Waals surface area contributed by atoms with E-state index in [1.54, 1.807) is 30.3 Å². The minimum atomic E-state index is -0.358. The Morgan fingerprint density at radius 2 is 1.76 bits per heavy atom. The van der Waals surface area contributed by atoms with Gasteiger partial charge in [-0.05, 0) is 42.0 Å². The summed E-state index contributed by atoms with van der Waals surface area (Å²) < 4.78 is 16.4. The molecule has 1 fully saturated rings. The first-order valence-electron chi connectivity index (χ1n) is 9.69. The number of benzene rings is 2. The van der Waals surface area contributed by atoms with Crippen molar-refractivity contribution in [2.24, 2.45) is 0 Å². The van der Waals surface area contributed by atoms with Crippen LogP contribution in [0.5, 0.6) is 17.2 Å². The monoisotopic (exact) mass is 481 g/mol. The number of ether oxygens (including phenoxy) is 3. The number of hydrogen-bond acceptors (Lipinski definition) is 8. The fourth-order valence-electron chi connectivity index (χ4n) is 3.25. The van der Waals surface area contributed by atoms with E-state index in [1.165, 1.54) is 38.5 Å². The van der Waals surface area contributed by atoms with E-state index >= 15 is 0 Å². The summed E-state index contributed by atoms with van der Waals surface area (Å²) in [6.45, 7) is 0. The average molecular weight is 482 g/mol. The van der Waals surface area contributed by atoms with E-state index in [4.69, 9.17) is 26.4 Å². The summed E-state index contributed by atoms with van der Waals surface area (Å²) in [4.78, 5) is 34.1. The van der Waals surface area contributed by atoms with E-state index in [9.17, 15) is 9.59 Å². The number of nitrogens with one attached hydrogen (secondary N) is 1. The number of rotatable bonds is 6. The number of para-hydroxylation sites is 2. The van der Waals surface area contributed by atoms with Crippen LogP contribution >= 0.6 is 24.0 Å². The highest BCUT2D eigenvalue weighted by molar-refractivity contribution is 8.26. The van der Waals surface area contributed by atoms with Gasteiger partial charge in [0.15, 0.2) is 15.8 Å². The largest absolute Gasteiger partial charge is 0.493 e. The molecule has 0 bridgehead atoms. The Kier molecular flexibility index (Phi) is 6.47. The lowest BCUT2D eigenvalue weighted by Gasteiger charge is -2.13. The topological polar surface area (TPSA) is 93.8 Å². The average Bonchev–Trinajstić information content (AvgIpc) is 3.08. The summed E-state index contributed by atoms with van der Waals surface area (Å²) in [6, 6.07) is 10.7. The van der Waals surface area contributed by atoms with Crippen molar-refractivity contribution in [3.63, 3.8) is 0 Å². The predicted molar refractivity (Wildman–Crippen MR) is 133 cm³/mol. The van der Waals surface area contributed by atoms with E-state index in [0.717, 1.165) is 11.8 Å². The van der Waals surface area contributed by atoms with E-state index in [-0.39, 0.29) is 17.2 Å². The Hall–Kier alpha value is -3.63. The molecule has 1 aromatic heterocycles. The third-order valence-electron chi connectivity index (χ3n) is 4.82.